The summed E-state index contributed by atoms with van der Waals surface area (Å²) in [4.78, 5) is 24.2. The smallest absolute Gasteiger partial charge is 0.237 e. The summed E-state index contributed by atoms with van der Waals surface area (Å²) in [6, 6.07) is 11.1. The molecule has 2 N–H and O–H groups in total. The summed E-state index contributed by atoms with van der Waals surface area (Å²) in [6.07, 6.45) is 0. The Balaban J connectivity index is 1.82. The molecule has 1 atom stereocenters. The zero-order chi connectivity index (χ0) is 18.4. The molecule has 2 aromatic carbocycles. The second-order valence-corrected chi connectivity index (χ2v) is 7.70. The molecule has 4 nitrogen and oxygen atoms in total. The lowest BCUT2D eigenvalue weighted by Crippen LogP contribution is -2.25. The van der Waals surface area contributed by atoms with Gasteiger partial charge in [0.05, 0.1) is 11.0 Å². The van der Waals surface area contributed by atoms with Gasteiger partial charge >= 0.3 is 0 Å². The number of carbonyl (C=O) groups is 2. The predicted octanol–water partition coefficient (Wildman–Crippen LogP) is 4.60. The molecule has 2 rings (SSSR count). The van der Waals surface area contributed by atoms with Crippen molar-refractivity contribution in [3.63, 3.8) is 0 Å². The minimum absolute atomic E-state index is 0.130. The van der Waals surface area contributed by atoms with E-state index in [0.717, 1.165) is 15.7 Å². The molecule has 2 amide bonds. The molecule has 0 aromatic heterocycles. The first-order valence-corrected chi connectivity index (χ1v) is 9.43. The third-order valence-electron chi connectivity index (χ3n) is 3.41. The third-order valence-corrected chi connectivity index (χ3v) is 5.04. The number of rotatable bonds is 6. The molecule has 0 aliphatic rings. The molecular formula is C18H18BrFN2O2S. The molecule has 0 saturated heterocycles. The number of nitrogens with one attached hydrogen (secondary N) is 2. The van der Waals surface area contributed by atoms with Gasteiger partial charge in [-0.15, -0.1) is 11.8 Å². The van der Waals surface area contributed by atoms with Crippen LogP contribution in [0.3, 0.4) is 0 Å². The molecule has 0 saturated carbocycles. The van der Waals surface area contributed by atoms with Crippen LogP contribution in [-0.2, 0) is 9.59 Å². The number of hydrogen-bond acceptors (Lipinski definition) is 3. The first-order valence-electron chi connectivity index (χ1n) is 7.59. The van der Waals surface area contributed by atoms with E-state index in [1.807, 2.05) is 25.1 Å². The summed E-state index contributed by atoms with van der Waals surface area (Å²) < 4.78 is 13.8. The maximum atomic E-state index is 12.8. The quantitative estimate of drug-likeness (QED) is 0.712. The van der Waals surface area contributed by atoms with Gasteiger partial charge in [-0.2, -0.15) is 0 Å². The summed E-state index contributed by atoms with van der Waals surface area (Å²) in [5.41, 5.74) is 2.22. The molecule has 7 heteroatoms. The van der Waals surface area contributed by atoms with E-state index in [1.54, 1.807) is 6.92 Å². The fraction of sp³-hybridized carbons (Fsp3) is 0.222. The SMILES string of the molecule is Cc1cc(Br)ccc1NC(=O)C(C)SCC(=O)Nc1ccc(F)cc1. The molecule has 0 radical (unpaired) electrons. The Bertz CT molecular complexity index is 768. The van der Waals surface area contributed by atoms with Crippen molar-refractivity contribution in [2.75, 3.05) is 16.4 Å². The van der Waals surface area contributed by atoms with Crippen LogP contribution in [0.1, 0.15) is 12.5 Å². The largest absolute Gasteiger partial charge is 0.325 e. The van der Waals surface area contributed by atoms with Gasteiger partial charge in [0, 0.05) is 15.8 Å². The molecule has 0 aliphatic carbocycles. The second kappa shape index (κ2) is 9.01. The van der Waals surface area contributed by atoms with Gasteiger partial charge in [0.15, 0.2) is 0 Å². The predicted molar refractivity (Wildman–Crippen MR) is 104 cm³/mol. The van der Waals surface area contributed by atoms with Crippen LogP contribution in [0.15, 0.2) is 46.9 Å². The van der Waals surface area contributed by atoms with E-state index < -0.39 is 0 Å². The Kier molecular flexibility index (Phi) is 7.01. The van der Waals surface area contributed by atoms with Gasteiger partial charge in [-0.25, -0.2) is 4.39 Å². The van der Waals surface area contributed by atoms with Gasteiger partial charge in [0.1, 0.15) is 5.82 Å². The third kappa shape index (κ3) is 6.17. The summed E-state index contributed by atoms with van der Waals surface area (Å²) in [5.74, 6) is -0.632. The van der Waals surface area contributed by atoms with E-state index in [9.17, 15) is 14.0 Å². The number of hydrogen-bond donors (Lipinski definition) is 2. The van der Waals surface area contributed by atoms with Gasteiger partial charge in [-0.1, -0.05) is 15.9 Å². The van der Waals surface area contributed by atoms with E-state index >= 15 is 0 Å². The summed E-state index contributed by atoms with van der Waals surface area (Å²) in [7, 11) is 0. The molecule has 0 fully saturated rings. The number of amides is 2. The average Bonchev–Trinajstić information content (AvgIpc) is 2.57. The first kappa shape index (κ1) is 19.5. The maximum absolute atomic E-state index is 12.8. The number of carbonyl (C=O) groups excluding carboxylic acids is 2. The lowest BCUT2D eigenvalue weighted by atomic mass is 10.2. The van der Waals surface area contributed by atoms with Gasteiger partial charge in [-0.3, -0.25) is 9.59 Å². The van der Waals surface area contributed by atoms with Gasteiger partial charge in [0.2, 0.25) is 11.8 Å². The van der Waals surface area contributed by atoms with Crippen molar-refractivity contribution in [2.24, 2.45) is 0 Å². The van der Waals surface area contributed by atoms with E-state index in [0.29, 0.717) is 5.69 Å². The first-order chi connectivity index (χ1) is 11.8. The summed E-state index contributed by atoms with van der Waals surface area (Å²) >= 11 is 4.62. The summed E-state index contributed by atoms with van der Waals surface area (Å²) in [5, 5.41) is 5.14. The number of aryl methyl sites for hydroxylation is 1. The molecule has 1 unspecified atom stereocenters. The number of benzene rings is 2. The average molecular weight is 425 g/mol. The van der Waals surface area contributed by atoms with Gasteiger partial charge in [0.25, 0.3) is 0 Å². The topological polar surface area (TPSA) is 58.2 Å². The maximum Gasteiger partial charge on any atom is 0.237 e. The molecule has 25 heavy (non-hydrogen) atoms. The van der Waals surface area contributed by atoms with E-state index in [4.69, 9.17) is 0 Å². The van der Waals surface area contributed by atoms with Crippen molar-refractivity contribution in [1.29, 1.82) is 0 Å². The molecule has 0 spiro atoms. The van der Waals surface area contributed by atoms with Gasteiger partial charge < -0.3 is 10.6 Å². The zero-order valence-corrected chi connectivity index (χ0v) is 16.2. The Morgan fingerprint density at radius 2 is 1.84 bits per heavy atom. The van der Waals surface area contributed by atoms with Crippen LogP contribution >= 0.6 is 27.7 Å². The number of halogens is 2. The van der Waals surface area contributed by atoms with Crippen molar-refractivity contribution in [1.82, 2.24) is 0 Å². The highest BCUT2D eigenvalue weighted by atomic mass is 79.9. The fourth-order valence-corrected chi connectivity index (χ4v) is 3.17. The normalized spacial score (nSPS) is 11.7. The van der Waals surface area contributed by atoms with Crippen LogP contribution < -0.4 is 10.6 Å². The highest BCUT2D eigenvalue weighted by molar-refractivity contribution is 9.10. The highest BCUT2D eigenvalue weighted by Crippen LogP contribution is 2.21. The van der Waals surface area contributed by atoms with Crippen molar-refractivity contribution in [3.8, 4) is 0 Å². The number of anilines is 2. The Labute approximate surface area is 158 Å². The molecule has 0 heterocycles. The standard InChI is InChI=1S/C18H18BrFN2O2S/c1-11-9-13(19)3-8-16(11)22-18(24)12(2)25-10-17(23)21-15-6-4-14(20)5-7-15/h3-9,12H,10H2,1-2H3,(H,21,23)(H,22,24). The molecule has 132 valence electrons. The molecule has 0 aliphatic heterocycles. The Hall–Kier alpha value is -1.86. The summed E-state index contributed by atoms with van der Waals surface area (Å²) in [6.45, 7) is 3.66. The highest BCUT2D eigenvalue weighted by Gasteiger charge is 2.16. The van der Waals surface area contributed by atoms with Crippen LogP contribution in [0.5, 0.6) is 0 Å². The van der Waals surface area contributed by atoms with E-state index in [-0.39, 0.29) is 28.6 Å². The van der Waals surface area contributed by atoms with Crippen molar-refractivity contribution < 1.29 is 14.0 Å². The van der Waals surface area contributed by atoms with Crippen LogP contribution in [0.25, 0.3) is 0 Å². The van der Waals surface area contributed by atoms with Crippen molar-refractivity contribution in [3.05, 3.63) is 58.3 Å². The van der Waals surface area contributed by atoms with Crippen molar-refractivity contribution in [2.45, 2.75) is 19.1 Å². The number of thioether (sulfide) groups is 1. The van der Waals surface area contributed by atoms with Crippen LogP contribution in [-0.4, -0.2) is 22.8 Å². The minimum Gasteiger partial charge on any atom is -0.325 e. The minimum atomic E-state index is -0.387. The molecule has 2 aromatic rings. The second-order valence-electron chi connectivity index (χ2n) is 5.46. The van der Waals surface area contributed by atoms with Gasteiger partial charge in [-0.05, 0) is 61.9 Å². The van der Waals surface area contributed by atoms with Crippen molar-refractivity contribution >= 4 is 50.9 Å². The Morgan fingerprint density at radius 1 is 1.16 bits per heavy atom. The van der Waals surface area contributed by atoms with E-state index in [2.05, 4.69) is 26.6 Å². The zero-order valence-electron chi connectivity index (χ0n) is 13.8. The Morgan fingerprint density at radius 3 is 2.48 bits per heavy atom. The lowest BCUT2D eigenvalue weighted by molar-refractivity contribution is -0.115. The fourth-order valence-electron chi connectivity index (χ4n) is 2.01. The van der Waals surface area contributed by atoms with Crippen LogP contribution in [0, 0.1) is 12.7 Å². The van der Waals surface area contributed by atoms with Crippen LogP contribution in [0.2, 0.25) is 0 Å². The monoisotopic (exact) mass is 424 g/mol. The van der Waals surface area contributed by atoms with E-state index in [1.165, 1.54) is 36.0 Å². The lowest BCUT2D eigenvalue weighted by Gasteiger charge is -2.14. The molecular weight excluding hydrogens is 407 g/mol. The molecule has 0 bridgehead atoms. The van der Waals surface area contributed by atoms with Crippen LogP contribution in [0.4, 0.5) is 15.8 Å².